The summed E-state index contributed by atoms with van der Waals surface area (Å²) in [7, 11) is 1.72. The smallest absolute Gasteiger partial charge is 0.131 e. The van der Waals surface area contributed by atoms with Crippen molar-refractivity contribution < 1.29 is 4.74 Å². The number of nitrogens with one attached hydrogen (secondary N) is 1. The van der Waals surface area contributed by atoms with E-state index in [0.29, 0.717) is 0 Å². The minimum Gasteiger partial charge on any atom is -0.496 e. The fraction of sp³-hybridized carbons (Fsp3) is 0.375. The van der Waals surface area contributed by atoms with Gasteiger partial charge in [-0.05, 0) is 31.0 Å². The van der Waals surface area contributed by atoms with Gasteiger partial charge in [0, 0.05) is 30.6 Å². The summed E-state index contributed by atoms with van der Waals surface area (Å²) >= 11 is 0. The molecule has 0 fully saturated rings. The second-order valence-electron chi connectivity index (χ2n) is 5.16. The van der Waals surface area contributed by atoms with Crippen LogP contribution in [-0.2, 0) is 13.0 Å². The Hall–Kier alpha value is -1.94. The molecule has 0 aliphatic carbocycles. The molecule has 0 saturated carbocycles. The van der Waals surface area contributed by atoms with Gasteiger partial charge in [0.25, 0.3) is 0 Å². The van der Waals surface area contributed by atoms with E-state index < -0.39 is 0 Å². The van der Waals surface area contributed by atoms with Gasteiger partial charge in [0.2, 0.25) is 0 Å². The summed E-state index contributed by atoms with van der Waals surface area (Å²) < 4.78 is 5.62. The summed E-state index contributed by atoms with van der Waals surface area (Å²) in [6.07, 6.45) is 2.62. The van der Waals surface area contributed by atoms with Crippen molar-refractivity contribution in [2.45, 2.75) is 26.8 Å². The summed E-state index contributed by atoms with van der Waals surface area (Å²) in [6, 6.07) is 4.22. The lowest BCUT2D eigenvalue weighted by Crippen LogP contribution is -2.25. The van der Waals surface area contributed by atoms with Crippen LogP contribution in [-0.4, -0.2) is 23.6 Å². The quantitative estimate of drug-likeness (QED) is 0.909. The van der Waals surface area contributed by atoms with E-state index in [4.69, 9.17) is 4.74 Å². The van der Waals surface area contributed by atoms with Crippen LogP contribution < -0.4 is 10.1 Å². The van der Waals surface area contributed by atoms with E-state index in [1.165, 1.54) is 16.7 Å². The van der Waals surface area contributed by atoms with Crippen LogP contribution in [0.15, 0.2) is 18.5 Å². The molecule has 1 N–H and O–H groups in total. The zero-order chi connectivity index (χ0) is 14.1. The van der Waals surface area contributed by atoms with Gasteiger partial charge >= 0.3 is 0 Å². The highest BCUT2D eigenvalue weighted by Crippen LogP contribution is 2.36. The fourth-order valence-electron chi connectivity index (χ4n) is 2.74. The molecule has 0 bridgehead atoms. The van der Waals surface area contributed by atoms with Crippen molar-refractivity contribution in [2.24, 2.45) is 0 Å². The van der Waals surface area contributed by atoms with Crippen molar-refractivity contribution in [1.29, 1.82) is 0 Å². The molecular formula is C16H19N3O. The Morgan fingerprint density at radius 1 is 1.20 bits per heavy atom. The first kappa shape index (κ1) is 13.1. The first-order valence-corrected chi connectivity index (χ1v) is 6.90. The Kier molecular flexibility index (Phi) is 3.40. The van der Waals surface area contributed by atoms with Gasteiger partial charge in [0.1, 0.15) is 12.1 Å². The molecule has 1 aromatic carbocycles. The summed E-state index contributed by atoms with van der Waals surface area (Å²) in [4.78, 5) is 8.92. The number of rotatable bonds is 2. The van der Waals surface area contributed by atoms with Gasteiger partial charge in [-0.3, -0.25) is 0 Å². The average Bonchev–Trinajstić information content (AvgIpc) is 2.49. The predicted octanol–water partition coefficient (Wildman–Crippen LogP) is 2.41. The van der Waals surface area contributed by atoms with Crippen LogP contribution >= 0.6 is 0 Å². The number of fused-ring (bicyclic) bond motifs is 1. The highest BCUT2D eigenvalue weighted by atomic mass is 16.5. The van der Waals surface area contributed by atoms with Gasteiger partial charge in [0.15, 0.2) is 0 Å². The lowest BCUT2D eigenvalue weighted by molar-refractivity contribution is 0.412. The first-order chi connectivity index (χ1) is 9.72. The molecule has 2 aromatic rings. The topological polar surface area (TPSA) is 47.0 Å². The van der Waals surface area contributed by atoms with Crippen LogP contribution in [0.25, 0.3) is 11.3 Å². The third-order valence-electron chi connectivity index (χ3n) is 4.01. The Balaban J connectivity index is 2.22. The molecule has 0 atom stereocenters. The molecule has 2 heterocycles. The number of ether oxygens (including phenoxy) is 1. The lowest BCUT2D eigenvalue weighted by atomic mass is 9.96. The van der Waals surface area contributed by atoms with Gasteiger partial charge in [-0.15, -0.1) is 0 Å². The number of hydrogen-bond donors (Lipinski definition) is 1. The Morgan fingerprint density at radius 3 is 2.85 bits per heavy atom. The van der Waals surface area contributed by atoms with E-state index in [2.05, 4.69) is 41.3 Å². The van der Waals surface area contributed by atoms with Gasteiger partial charge in [-0.2, -0.15) is 0 Å². The third-order valence-corrected chi connectivity index (χ3v) is 4.01. The molecule has 1 aromatic heterocycles. The van der Waals surface area contributed by atoms with Crippen molar-refractivity contribution in [3.8, 4) is 17.0 Å². The number of aromatic nitrogens is 2. The number of methoxy groups -OCH3 is 1. The summed E-state index contributed by atoms with van der Waals surface area (Å²) in [5.74, 6) is 0.913. The number of aryl methyl sites for hydroxylation is 1. The van der Waals surface area contributed by atoms with Crippen LogP contribution in [0, 0.1) is 13.8 Å². The van der Waals surface area contributed by atoms with Crippen molar-refractivity contribution >= 4 is 0 Å². The zero-order valence-electron chi connectivity index (χ0n) is 12.2. The normalized spacial score (nSPS) is 13.9. The maximum Gasteiger partial charge on any atom is 0.131 e. The van der Waals surface area contributed by atoms with Crippen molar-refractivity contribution in [2.75, 3.05) is 13.7 Å². The van der Waals surface area contributed by atoms with Crippen LogP contribution in [0.3, 0.4) is 0 Å². The maximum absolute atomic E-state index is 5.62. The predicted molar refractivity (Wildman–Crippen MR) is 78.9 cm³/mol. The molecule has 4 heteroatoms. The lowest BCUT2D eigenvalue weighted by Gasteiger charge is -2.20. The summed E-state index contributed by atoms with van der Waals surface area (Å²) in [5.41, 5.74) is 6.78. The van der Waals surface area contributed by atoms with E-state index in [0.717, 1.165) is 42.2 Å². The highest BCUT2D eigenvalue weighted by Gasteiger charge is 2.19. The summed E-state index contributed by atoms with van der Waals surface area (Å²) in [5, 5.41) is 3.39. The van der Waals surface area contributed by atoms with E-state index >= 15 is 0 Å². The standard InChI is InChI=1S/C16H19N3O/c1-10-4-5-12(16(20-3)11(10)2)15-13-8-17-7-6-14(13)18-9-19-15/h4-5,9,17H,6-8H2,1-3H3. The van der Waals surface area contributed by atoms with E-state index in [9.17, 15) is 0 Å². The fourth-order valence-corrected chi connectivity index (χ4v) is 2.74. The van der Waals surface area contributed by atoms with E-state index in [1.807, 2.05) is 0 Å². The van der Waals surface area contributed by atoms with Crippen LogP contribution in [0.1, 0.15) is 22.4 Å². The Bertz CT molecular complexity index is 652. The van der Waals surface area contributed by atoms with Crippen molar-refractivity contribution in [3.05, 3.63) is 40.8 Å². The van der Waals surface area contributed by atoms with E-state index in [-0.39, 0.29) is 0 Å². The average molecular weight is 269 g/mol. The highest BCUT2D eigenvalue weighted by molar-refractivity contribution is 5.73. The molecule has 0 radical (unpaired) electrons. The monoisotopic (exact) mass is 269 g/mol. The van der Waals surface area contributed by atoms with Crippen LogP contribution in [0.2, 0.25) is 0 Å². The van der Waals surface area contributed by atoms with E-state index in [1.54, 1.807) is 13.4 Å². The van der Waals surface area contributed by atoms with Crippen molar-refractivity contribution in [1.82, 2.24) is 15.3 Å². The molecule has 0 amide bonds. The molecular weight excluding hydrogens is 250 g/mol. The number of benzene rings is 1. The molecule has 1 aliphatic rings. The molecule has 3 rings (SSSR count). The van der Waals surface area contributed by atoms with Gasteiger partial charge < -0.3 is 10.1 Å². The number of nitrogens with zero attached hydrogens (tertiary/aromatic N) is 2. The Labute approximate surface area is 119 Å². The Morgan fingerprint density at radius 2 is 2.05 bits per heavy atom. The second-order valence-corrected chi connectivity index (χ2v) is 5.16. The van der Waals surface area contributed by atoms with Crippen molar-refractivity contribution in [3.63, 3.8) is 0 Å². The molecule has 104 valence electrons. The number of hydrogen-bond acceptors (Lipinski definition) is 4. The zero-order valence-corrected chi connectivity index (χ0v) is 12.2. The molecule has 1 aliphatic heterocycles. The minimum atomic E-state index is 0.821. The van der Waals surface area contributed by atoms with Gasteiger partial charge in [0.05, 0.1) is 18.5 Å². The first-order valence-electron chi connectivity index (χ1n) is 6.90. The second kappa shape index (κ2) is 5.21. The van der Waals surface area contributed by atoms with Gasteiger partial charge in [-0.25, -0.2) is 9.97 Å². The third kappa shape index (κ3) is 2.06. The van der Waals surface area contributed by atoms with Gasteiger partial charge in [-0.1, -0.05) is 6.07 Å². The molecule has 20 heavy (non-hydrogen) atoms. The molecule has 4 nitrogen and oxygen atoms in total. The van der Waals surface area contributed by atoms with Crippen LogP contribution in [0.5, 0.6) is 5.75 Å². The molecule has 0 saturated heterocycles. The SMILES string of the molecule is COc1c(-c2ncnc3c2CNCC3)ccc(C)c1C. The van der Waals surface area contributed by atoms with Crippen LogP contribution in [0.4, 0.5) is 0 Å². The summed E-state index contributed by atoms with van der Waals surface area (Å²) in [6.45, 7) is 5.98. The maximum atomic E-state index is 5.62. The minimum absolute atomic E-state index is 0.821. The largest absolute Gasteiger partial charge is 0.496 e. The molecule has 0 unspecified atom stereocenters. The molecule has 0 spiro atoms.